The predicted octanol–water partition coefficient (Wildman–Crippen LogP) is 3.96. The molecule has 2 aromatic carbocycles. The largest absolute Gasteiger partial charge is 0.489 e. The number of hydrogen-bond acceptors (Lipinski definition) is 7. The maximum absolute atomic E-state index is 12.7. The van der Waals surface area contributed by atoms with Gasteiger partial charge in [-0.1, -0.05) is 24.3 Å². The zero-order valence-electron chi connectivity index (χ0n) is 20.1. The number of rotatable bonds is 9. The molecule has 0 bridgehead atoms. The Morgan fingerprint density at radius 3 is 2.46 bits per heavy atom. The summed E-state index contributed by atoms with van der Waals surface area (Å²) in [6.07, 6.45) is 7.56. The van der Waals surface area contributed by atoms with Gasteiger partial charge in [-0.15, -0.1) is 0 Å². The Kier molecular flexibility index (Phi) is 7.45. The third kappa shape index (κ3) is 6.14. The number of sulfonamides is 1. The summed E-state index contributed by atoms with van der Waals surface area (Å²) in [7, 11) is -3.70. The molecule has 0 amide bonds. The van der Waals surface area contributed by atoms with Crippen LogP contribution < -0.4 is 14.8 Å². The van der Waals surface area contributed by atoms with E-state index in [1.165, 1.54) is 6.20 Å². The molecule has 37 heavy (non-hydrogen) atoms. The minimum absolute atomic E-state index is 0.0243. The molecular weight excluding hydrogens is 488 g/mol. The van der Waals surface area contributed by atoms with E-state index < -0.39 is 16.1 Å². The Morgan fingerprint density at radius 1 is 0.973 bits per heavy atom. The molecule has 3 N–H and O–H groups in total. The lowest BCUT2D eigenvalue weighted by atomic mass is 9.97. The van der Waals surface area contributed by atoms with Crippen LogP contribution in [0, 0.1) is 0 Å². The molecule has 2 atom stereocenters. The van der Waals surface area contributed by atoms with Gasteiger partial charge < -0.3 is 15.2 Å². The molecular formula is C28H28N4O4S. The molecule has 0 spiro atoms. The fraction of sp³-hybridized carbons (Fsp3) is 0.214. The average molecular weight is 517 g/mol. The van der Waals surface area contributed by atoms with Crippen molar-refractivity contribution in [2.45, 2.75) is 29.9 Å². The Balaban J connectivity index is 1.19. The van der Waals surface area contributed by atoms with Crippen molar-refractivity contribution >= 4 is 15.7 Å². The van der Waals surface area contributed by atoms with Crippen LogP contribution in [-0.4, -0.2) is 42.7 Å². The monoisotopic (exact) mass is 516 g/mol. The summed E-state index contributed by atoms with van der Waals surface area (Å²) >= 11 is 0. The zero-order valence-corrected chi connectivity index (χ0v) is 20.9. The van der Waals surface area contributed by atoms with Gasteiger partial charge in [-0.25, -0.2) is 8.42 Å². The molecule has 0 radical (unpaired) electrons. The van der Waals surface area contributed by atoms with Crippen LogP contribution in [-0.2, 0) is 16.4 Å². The average Bonchev–Trinajstić information content (AvgIpc) is 2.93. The van der Waals surface area contributed by atoms with Crippen LogP contribution in [0.5, 0.6) is 5.75 Å². The number of aliphatic hydroxyl groups excluding tert-OH is 1. The Labute approximate surface area is 216 Å². The second-order valence-corrected chi connectivity index (χ2v) is 10.6. The van der Waals surface area contributed by atoms with Gasteiger partial charge in [0.05, 0.1) is 22.9 Å². The van der Waals surface area contributed by atoms with Crippen molar-refractivity contribution in [2.24, 2.45) is 0 Å². The molecule has 8 nitrogen and oxygen atoms in total. The minimum Gasteiger partial charge on any atom is -0.489 e. The van der Waals surface area contributed by atoms with Crippen LogP contribution >= 0.6 is 0 Å². The first kappa shape index (κ1) is 24.9. The lowest BCUT2D eigenvalue weighted by Crippen LogP contribution is -2.36. The van der Waals surface area contributed by atoms with E-state index in [2.05, 4.69) is 26.1 Å². The Hall–Kier alpha value is -3.79. The summed E-state index contributed by atoms with van der Waals surface area (Å²) in [5, 5.41) is 13.6. The van der Waals surface area contributed by atoms with E-state index >= 15 is 0 Å². The normalized spacial score (nSPS) is 15.9. The van der Waals surface area contributed by atoms with E-state index in [4.69, 9.17) is 4.74 Å². The highest BCUT2D eigenvalue weighted by Gasteiger charge is 2.21. The zero-order chi connectivity index (χ0) is 25.7. The molecule has 1 aliphatic heterocycles. The number of aryl methyl sites for hydroxylation is 1. The van der Waals surface area contributed by atoms with Crippen LogP contribution in [0.4, 0.5) is 5.69 Å². The Morgan fingerprint density at radius 2 is 1.73 bits per heavy atom. The van der Waals surface area contributed by atoms with E-state index in [9.17, 15) is 13.5 Å². The van der Waals surface area contributed by atoms with Crippen molar-refractivity contribution in [1.29, 1.82) is 0 Å². The number of anilines is 1. The number of nitrogens with zero attached hydrogens (tertiary/aromatic N) is 2. The maximum atomic E-state index is 12.7. The molecule has 0 fully saturated rings. The number of benzene rings is 2. The maximum Gasteiger partial charge on any atom is 0.261 e. The molecule has 5 rings (SSSR count). The van der Waals surface area contributed by atoms with Gasteiger partial charge in [0.15, 0.2) is 0 Å². The molecule has 4 aromatic rings. The van der Waals surface area contributed by atoms with E-state index in [1.54, 1.807) is 42.9 Å². The van der Waals surface area contributed by atoms with E-state index in [0.29, 0.717) is 18.8 Å². The van der Waals surface area contributed by atoms with Crippen LogP contribution in [0.25, 0.3) is 11.1 Å². The number of hydrogen-bond donors (Lipinski definition) is 3. The first-order valence-electron chi connectivity index (χ1n) is 12.1. The van der Waals surface area contributed by atoms with Gasteiger partial charge in [0.25, 0.3) is 10.0 Å². The standard InChI is InChI=1S/C28H28N4O4S/c33-27(23-3-1-13-29-16-23)19-31-18-25-9-5-22-15-21(8-12-28(22)36-25)20-6-10-26(11-7-20)37(34,35)32-24-4-2-14-30-17-24/h1-4,6-8,10-17,25,27,31-33H,5,9,18-19H2/t25-,27+/m1/s1. The van der Waals surface area contributed by atoms with Crippen molar-refractivity contribution < 1.29 is 18.3 Å². The molecule has 0 saturated carbocycles. The number of ether oxygens (including phenoxy) is 1. The second kappa shape index (κ2) is 11.1. The SMILES string of the molecule is O=S(=O)(Nc1cccnc1)c1ccc(-c2ccc3c(c2)CC[C@H](CNC[C@H](O)c2cccnc2)O3)cc1. The van der Waals surface area contributed by atoms with Crippen LogP contribution in [0.1, 0.15) is 23.7 Å². The number of nitrogens with one attached hydrogen (secondary N) is 2. The third-order valence-electron chi connectivity index (χ3n) is 6.28. The predicted molar refractivity (Wildman–Crippen MR) is 142 cm³/mol. The number of fused-ring (bicyclic) bond motifs is 1. The van der Waals surface area contributed by atoms with Crippen molar-refractivity contribution in [3.05, 3.63) is 103 Å². The van der Waals surface area contributed by atoms with Gasteiger partial charge in [-0.05, 0) is 72.0 Å². The summed E-state index contributed by atoms with van der Waals surface area (Å²) in [5.41, 5.74) is 4.25. The lowest BCUT2D eigenvalue weighted by molar-refractivity contribution is 0.146. The fourth-order valence-corrected chi connectivity index (χ4v) is 5.35. The molecule has 9 heteroatoms. The van der Waals surface area contributed by atoms with Gasteiger partial charge in [0.1, 0.15) is 11.9 Å². The molecule has 0 aliphatic carbocycles. The number of pyridine rings is 2. The summed E-state index contributed by atoms with van der Waals surface area (Å²) in [4.78, 5) is 8.17. The smallest absolute Gasteiger partial charge is 0.261 e. The molecule has 1 aliphatic rings. The summed E-state index contributed by atoms with van der Waals surface area (Å²) in [6, 6.07) is 19.9. The number of aromatic nitrogens is 2. The fourth-order valence-electron chi connectivity index (χ4n) is 4.30. The second-order valence-electron chi connectivity index (χ2n) is 8.93. The van der Waals surface area contributed by atoms with E-state index in [1.807, 2.05) is 36.4 Å². The van der Waals surface area contributed by atoms with Crippen molar-refractivity contribution in [3.8, 4) is 16.9 Å². The van der Waals surface area contributed by atoms with Crippen LogP contribution in [0.15, 0.2) is 96.4 Å². The molecule has 2 aromatic heterocycles. The lowest BCUT2D eigenvalue weighted by Gasteiger charge is -2.27. The molecule has 3 heterocycles. The molecule has 190 valence electrons. The van der Waals surface area contributed by atoms with Gasteiger partial charge in [0, 0.05) is 37.2 Å². The van der Waals surface area contributed by atoms with E-state index in [-0.39, 0.29) is 11.0 Å². The topological polar surface area (TPSA) is 113 Å². The third-order valence-corrected chi connectivity index (χ3v) is 7.68. The van der Waals surface area contributed by atoms with E-state index in [0.717, 1.165) is 40.8 Å². The van der Waals surface area contributed by atoms with Gasteiger partial charge in [0.2, 0.25) is 0 Å². The van der Waals surface area contributed by atoms with Crippen molar-refractivity contribution in [3.63, 3.8) is 0 Å². The minimum atomic E-state index is -3.70. The summed E-state index contributed by atoms with van der Waals surface area (Å²) in [5.74, 6) is 0.856. The van der Waals surface area contributed by atoms with Gasteiger partial charge in [-0.2, -0.15) is 0 Å². The highest BCUT2D eigenvalue weighted by atomic mass is 32.2. The van der Waals surface area contributed by atoms with Crippen LogP contribution in [0.3, 0.4) is 0 Å². The Bertz CT molecular complexity index is 1430. The molecule has 0 unspecified atom stereocenters. The first-order chi connectivity index (χ1) is 18.0. The van der Waals surface area contributed by atoms with Crippen molar-refractivity contribution in [2.75, 3.05) is 17.8 Å². The molecule has 0 saturated heterocycles. The highest BCUT2D eigenvalue weighted by Crippen LogP contribution is 2.32. The van der Waals surface area contributed by atoms with Gasteiger partial charge in [-0.3, -0.25) is 14.7 Å². The van der Waals surface area contributed by atoms with Crippen molar-refractivity contribution in [1.82, 2.24) is 15.3 Å². The summed E-state index contributed by atoms with van der Waals surface area (Å²) in [6.45, 7) is 1.07. The number of aliphatic hydroxyl groups is 1. The first-order valence-corrected chi connectivity index (χ1v) is 13.6. The van der Waals surface area contributed by atoms with Crippen LogP contribution in [0.2, 0.25) is 0 Å². The highest BCUT2D eigenvalue weighted by molar-refractivity contribution is 7.92. The quantitative estimate of drug-likeness (QED) is 0.309. The van der Waals surface area contributed by atoms with Gasteiger partial charge >= 0.3 is 0 Å². The summed E-state index contributed by atoms with van der Waals surface area (Å²) < 4.78 is 34.1.